The molecule has 0 N–H and O–H groups in total. The van der Waals surface area contributed by atoms with Gasteiger partial charge in [0.25, 0.3) is 0 Å². The number of hydrogen-bond donors (Lipinski definition) is 0. The zero-order valence-corrected chi connectivity index (χ0v) is 13.0. The van der Waals surface area contributed by atoms with Crippen LogP contribution < -0.4 is 4.74 Å². The van der Waals surface area contributed by atoms with E-state index in [0.29, 0.717) is 22.3 Å². The normalized spacial score (nSPS) is 12.2. The molecule has 1 aliphatic rings. The van der Waals surface area contributed by atoms with Crippen molar-refractivity contribution >= 4 is 17.7 Å². The lowest BCUT2D eigenvalue weighted by Crippen LogP contribution is -2.21. The van der Waals surface area contributed by atoms with Crippen LogP contribution in [-0.2, 0) is 4.74 Å². The van der Waals surface area contributed by atoms with E-state index < -0.39 is 6.16 Å². The molecule has 0 bridgehead atoms. The van der Waals surface area contributed by atoms with Gasteiger partial charge in [0.05, 0.1) is 0 Å². The standard InChI is InChI=1S/C19H14O5/c1-11(2)10-23-19(22)24-12-7-8-15-16(9-12)18(21)14-6-4-3-5-13(14)17(15)20/h3-9H,1,10H2,2H3. The summed E-state index contributed by atoms with van der Waals surface area (Å²) in [5.41, 5.74) is 1.90. The van der Waals surface area contributed by atoms with Gasteiger partial charge in [-0.05, 0) is 30.7 Å². The lowest BCUT2D eigenvalue weighted by molar-refractivity contribution is 0.0977. The fourth-order valence-corrected chi connectivity index (χ4v) is 2.45. The summed E-state index contributed by atoms with van der Waals surface area (Å²) >= 11 is 0. The average molecular weight is 322 g/mol. The first-order valence-electron chi connectivity index (χ1n) is 7.29. The number of carbonyl (C=O) groups excluding carboxylic acids is 3. The maximum atomic E-state index is 12.6. The van der Waals surface area contributed by atoms with E-state index in [0.717, 1.165) is 0 Å². The first kappa shape index (κ1) is 15.7. The minimum absolute atomic E-state index is 0.0502. The van der Waals surface area contributed by atoms with Crippen LogP contribution in [-0.4, -0.2) is 24.3 Å². The van der Waals surface area contributed by atoms with Gasteiger partial charge in [0.1, 0.15) is 12.4 Å². The van der Waals surface area contributed by atoms with Gasteiger partial charge in [0.15, 0.2) is 11.6 Å². The summed E-state index contributed by atoms with van der Waals surface area (Å²) in [6.45, 7) is 5.38. The third kappa shape index (κ3) is 2.84. The monoisotopic (exact) mass is 322 g/mol. The molecule has 0 aromatic heterocycles. The summed E-state index contributed by atoms with van der Waals surface area (Å²) in [6, 6.07) is 11.0. The molecule has 0 unspecified atom stereocenters. The first-order valence-corrected chi connectivity index (χ1v) is 7.29. The Morgan fingerprint density at radius 2 is 1.54 bits per heavy atom. The molecule has 1 aliphatic carbocycles. The predicted molar refractivity (Wildman–Crippen MR) is 86.5 cm³/mol. The average Bonchev–Trinajstić information content (AvgIpc) is 2.58. The van der Waals surface area contributed by atoms with Crippen molar-refractivity contribution in [3.63, 3.8) is 0 Å². The Morgan fingerprint density at radius 1 is 0.958 bits per heavy atom. The number of rotatable bonds is 3. The maximum absolute atomic E-state index is 12.6. The van der Waals surface area contributed by atoms with E-state index in [-0.39, 0.29) is 29.5 Å². The number of ether oxygens (including phenoxy) is 2. The van der Waals surface area contributed by atoms with Gasteiger partial charge in [-0.1, -0.05) is 30.8 Å². The number of ketones is 2. The minimum Gasteiger partial charge on any atom is -0.429 e. The van der Waals surface area contributed by atoms with Gasteiger partial charge in [-0.15, -0.1) is 0 Å². The van der Waals surface area contributed by atoms with Crippen molar-refractivity contribution < 1.29 is 23.9 Å². The second-order valence-electron chi connectivity index (χ2n) is 5.51. The van der Waals surface area contributed by atoms with Gasteiger partial charge >= 0.3 is 6.16 Å². The van der Waals surface area contributed by atoms with E-state index in [9.17, 15) is 14.4 Å². The number of benzene rings is 2. The van der Waals surface area contributed by atoms with E-state index >= 15 is 0 Å². The number of fused-ring (bicyclic) bond motifs is 2. The van der Waals surface area contributed by atoms with Gasteiger partial charge in [0, 0.05) is 22.3 Å². The van der Waals surface area contributed by atoms with Crippen LogP contribution in [0.3, 0.4) is 0 Å². The molecule has 5 nitrogen and oxygen atoms in total. The van der Waals surface area contributed by atoms with Gasteiger partial charge < -0.3 is 9.47 Å². The molecular formula is C19H14O5. The van der Waals surface area contributed by atoms with Crippen molar-refractivity contribution in [1.29, 1.82) is 0 Å². The lowest BCUT2D eigenvalue weighted by atomic mass is 9.84. The van der Waals surface area contributed by atoms with E-state index in [1.807, 2.05) is 0 Å². The van der Waals surface area contributed by atoms with E-state index in [4.69, 9.17) is 9.47 Å². The molecule has 24 heavy (non-hydrogen) atoms. The number of carbonyl (C=O) groups is 3. The highest BCUT2D eigenvalue weighted by molar-refractivity contribution is 6.28. The Morgan fingerprint density at radius 3 is 2.17 bits per heavy atom. The SMILES string of the molecule is C=C(C)COC(=O)Oc1ccc2c(c1)C(=O)c1ccccc1C2=O. The van der Waals surface area contributed by atoms with Crippen LogP contribution in [0.2, 0.25) is 0 Å². The molecule has 2 aromatic carbocycles. The fraction of sp³-hybridized carbons (Fsp3) is 0.105. The zero-order chi connectivity index (χ0) is 17.3. The van der Waals surface area contributed by atoms with Gasteiger partial charge in [-0.25, -0.2) is 4.79 Å². The Hall–Kier alpha value is -3.21. The molecule has 0 spiro atoms. The molecule has 120 valence electrons. The molecule has 2 aromatic rings. The predicted octanol–water partition coefficient (Wildman–Crippen LogP) is 3.55. The van der Waals surface area contributed by atoms with Crippen LogP contribution >= 0.6 is 0 Å². The van der Waals surface area contributed by atoms with Crippen molar-refractivity contribution in [2.24, 2.45) is 0 Å². The van der Waals surface area contributed by atoms with Crippen LogP contribution in [0.5, 0.6) is 5.75 Å². The summed E-state index contributed by atoms with van der Waals surface area (Å²) in [5.74, 6) is -0.362. The Bertz CT molecular complexity index is 879. The number of hydrogen-bond acceptors (Lipinski definition) is 5. The second-order valence-corrected chi connectivity index (χ2v) is 5.51. The summed E-state index contributed by atoms with van der Waals surface area (Å²) in [6.07, 6.45) is -0.895. The third-order valence-corrected chi connectivity index (χ3v) is 3.53. The van der Waals surface area contributed by atoms with Crippen LogP contribution in [0.4, 0.5) is 4.79 Å². The highest BCUT2D eigenvalue weighted by Gasteiger charge is 2.29. The van der Waals surface area contributed by atoms with E-state index in [1.54, 1.807) is 31.2 Å². The molecule has 3 rings (SSSR count). The van der Waals surface area contributed by atoms with E-state index in [1.165, 1.54) is 18.2 Å². The van der Waals surface area contributed by atoms with Crippen molar-refractivity contribution in [3.05, 3.63) is 76.9 Å². The lowest BCUT2D eigenvalue weighted by Gasteiger charge is -2.17. The van der Waals surface area contributed by atoms with Crippen LogP contribution in [0.25, 0.3) is 0 Å². The highest BCUT2D eigenvalue weighted by Crippen LogP contribution is 2.29. The molecule has 0 aliphatic heterocycles. The fourth-order valence-electron chi connectivity index (χ4n) is 2.45. The first-order chi connectivity index (χ1) is 11.5. The van der Waals surface area contributed by atoms with Crippen LogP contribution in [0, 0.1) is 0 Å². The topological polar surface area (TPSA) is 69.7 Å². The Balaban J connectivity index is 1.89. The Labute approximate surface area is 138 Å². The molecule has 0 saturated carbocycles. The van der Waals surface area contributed by atoms with E-state index in [2.05, 4.69) is 6.58 Å². The second kappa shape index (κ2) is 6.12. The zero-order valence-electron chi connectivity index (χ0n) is 13.0. The van der Waals surface area contributed by atoms with Gasteiger partial charge in [-0.2, -0.15) is 0 Å². The summed E-state index contributed by atoms with van der Waals surface area (Å²) in [4.78, 5) is 36.6. The molecule has 0 atom stereocenters. The van der Waals surface area contributed by atoms with Crippen molar-refractivity contribution in [2.75, 3.05) is 6.61 Å². The molecule has 5 heteroatoms. The molecular weight excluding hydrogens is 308 g/mol. The highest BCUT2D eigenvalue weighted by atomic mass is 16.7. The molecule has 0 amide bonds. The van der Waals surface area contributed by atoms with Crippen LogP contribution in [0.1, 0.15) is 38.8 Å². The summed E-state index contributed by atoms with van der Waals surface area (Å²) in [5, 5.41) is 0. The smallest absolute Gasteiger partial charge is 0.429 e. The van der Waals surface area contributed by atoms with Gasteiger partial charge in [-0.3, -0.25) is 9.59 Å². The minimum atomic E-state index is -0.895. The molecule has 0 radical (unpaired) electrons. The summed E-state index contributed by atoms with van der Waals surface area (Å²) in [7, 11) is 0. The summed E-state index contributed by atoms with van der Waals surface area (Å²) < 4.78 is 9.88. The van der Waals surface area contributed by atoms with Gasteiger partial charge in [0.2, 0.25) is 0 Å². The van der Waals surface area contributed by atoms with Crippen LogP contribution in [0.15, 0.2) is 54.6 Å². The van der Waals surface area contributed by atoms with Crippen molar-refractivity contribution in [3.8, 4) is 5.75 Å². The third-order valence-electron chi connectivity index (χ3n) is 3.53. The maximum Gasteiger partial charge on any atom is 0.514 e. The quantitative estimate of drug-likeness (QED) is 0.419. The largest absolute Gasteiger partial charge is 0.514 e. The van der Waals surface area contributed by atoms with Crippen molar-refractivity contribution in [2.45, 2.75) is 6.92 Å². The van der Waals surface area contributed by atoms with Crippen molar-refractivity contribution in [1.82, 2.24) is 0 Å². The molecule has 0 heterocycles. The Kier molecular flexibility index (Phi) is 4.00. The molecule has 0 saturated heterocycles. The molecule has 0 fully saturated rings.